The Morgan fingerprint density at radius 2 is 2.24 bits per heavy atom. The molecule has 2 amide bonds. The van der Waals surface area contributed by atoms with Gasteiger partial charge in [0.25, 0.3) is 0 Å². The largest absolute Gasteiger partial charge is 0.367 e. The minimum Gasteiger partial charge on any atom is -0.367 e. The van der Waals surface area contributed by atoms with Crippen molar-refractivity contribution in [2.45, 2.75) is 32.4 Å². The molecule has 0 bridgehead atoms. The van der Waals surface area contributed by atoms with Crippen molar-refractivity contribution in [3.8, 4) is 0 Å². The average Bonchev–Trinajstić information content (AvgIpc) is 3.22. The molecule has 1 aliphatic heterocycles. The number of hydrogen-bond acceptors (Lipinski definition) is 3. The van der Waals surface area contributed by atoms with E-state index in [0.29, 0.717) is 31.7 Å². The molecule has 3 rings (SSSR count). The van der Waals surface area contributed by atoms with Crippen LogP contribution in [0.25, 0.3) is 0 Å². The summed E-state index contributed by atoms with van der Waals surface area (Å²) < 4.78 is 26.8. The highest BCUT2D eigenvalue weighted by Crippen LogP contribution is 2.24. The van der Waals surface area contributed by atoms with E-state index in [1.807, 2.05) is 17.9 Å². The van der Waals surface area contributed by atoms with Crippen LogP contribution in [-0.2, 0) is 13.0 Å². The van der Waals surface area contributed by atoms with Gasteiger partial charge in [-0.2, -0.15) is 5.10 Å². The number of carbonyl (C=O) groups excluding carboxylic acids is 1. The van der Waals surface area contributed by atoms with Gasteiger partial charge in [0.15, 0.2) is 0 Å². The molecule has 0 unspecified atom stereocenters. The van der Waals surface area contributed by atoms with Gasteiger partial charge in [0, 0.05) is 25.2 Å². The maximum atomic E-state index is 13.8. The third-order valence-electron chi connectivity index (χ3n) is 4.26. The zero-order valence-electron chi connectivity index (χ0n) is 14.0. The predicted octanol–water partition coefficient (Wildman–Crippen LogP) is 2.33. The molecule has 6 nitrogen and oxygen atoms in total. The number of rotatable bonds is 5. The SMILES string of the molecule is CCc1cc(CNC(=O)N[C@@H]2CCN(c3ccc(F)cc3F)C2)[nH]n1. The Kier molecular flexibility index (Phi) is 5.16. The van der Waals surface area contributed by atoms with Gasteiger partial charge >= 0.3 is 6.03 Å². The van der Waals surface area contributed by atoms with Crippen molar-refractivity contribution in [3.63, 3.8) is 0 Å². The van der Waals surface area contributed by atoms with Crippen LogP contribution in [0.2, 0.25) is 0 Å². The summed E-state index contributed by atoms with van der Waals surface area (Å²) in [5.41, 5.74) is 2.15. The number of carbonyl (C=O) groups is 1. The Labute approximate surface area is 144 Å². The lowest BCUT2D eigenvalue weighted by molar-refractivity contribution is 0.237. The number of aromatic amines is 1. The smallest absolute Gasteiger partial charge is 0.315 e. The van der Waals surface area contributed by atoms with Crippen molar-refractivity contribution in [2.75, 3.05) is 18.0 Å². The van der Waals surface area contributed by atoms with Gasteiger partial charge in [-0.25, -0.2) is 13.6 Å². The lowest BCUT2D eigenvalue weighted by atomic mass is 10.2. The van der Waals surface area contributed by atoms with Crippen LogP contribution in [0, 0.1) is 11.6 Å². The molecule has 1 aromatic heterocycles. The zero-order chi connectivity index (χ0) is 17.8. The Balaban J connectivity index is 1.48. The summed E-state index contributed by atoms with van der Waals surface area (Å²) in [6.07, 6.45) is 1.54. The first-order chi connectivity index (χ1) is 12.0. The molecule has 0 saturated carbocycles. The quantitative estimate of drug-likeness (QED) is 0.776. The van der Waals surface area contributed by atoms with E-state index in [1.165, 1.54) is 12.1 Å². The van der Waals surface area contributed by atoms with Gasteiger partial charge in [-0.1, -0.05) is 6.92 Å². The molecular weight excluding hydrogens is 328 g/mol. The van der Waals surface area contributed by atoms with Gasteiger partial charge in [-0.05, 0) is 31.0 Å². The summed E-state index contributed by atoms with van der Waals surface area (Å²) >= 11 is 0. The van der Waals surface area contributed by atoms with E-state index >= 15 is 0 Å². The standard InChI is InChI=1S/C17H21F2N5O/c1-2-12-8-14(23-22-12)9-20-17(25)21-13-5-6-24(10-13)16-4-3-11(18)7-15(16)19/h3-4,7-8,13H,2,5-6,9-10H2,1H3,(H,22,23)(H2,20,21,25)/t13-/m1/s1. The molecule has 8 heteroatoms. The van der Waals surface area contributed by atoms with E-state index in [0.717, 1.165) is 23.9 Å². The first-order valence-corrected chi connectivity index (χ1v) is 8.32. The lowest BCUT2D eigenvalue weighted by Gasteiger charge is -2.19. The third-order valence-corrected chi connectivity index (χ3v) is 4.26. The summed E-state index contributed by atoms with van der Waals surface area (Å²) in [7, 11) is 0. The predicted molar refractivity (Wildman–Crippen MR) is 90.3 cm³/mol. The minimum atomic E-state index is -0.598. The third kappa shape index (κ3) is 4.26. The average molecular weight is 349 g/mol. The molecule has 2 heterocycles. The fourth-order valence-corrected chi connectivity index (χ4v) is 2.93. The molecule has 1 aromatic carbocycles. The van der Waals surface area contributed by atoms with Gasteiger partial charge in [-0.3, -0.25) is 5.10 Å². The minimum absolute atomic E-state index is 0.0857. The molecule has 2 aromatic rings. The van der Waals surface area contributed by atoms with Gasteiger partial charge in [-0.15, -0.1) is 0 Å². The number of halogens is 2. The molecule has 1 atom stereocenters. The van der Waals surface area contributed by atoms with Crippen molar-refractivity contribution in [3.05, 3.63) is 47.3 Å². The Hall–Kier alpha value is -2.64. The first kappa shape index (κ1) is 17.2. The van der Waals surface area contributed by atoms with Gasteiger partial charge in [0.05, 0.1) is 23.6 Å². The normalized spacial score (nSPS) is 16.9. The molecule has 134 valence electrons. The van der Waals surface area contributed by atoms with Gasteiger partial charge in [0.1, 0.15) is 11.6 Å². The maximum absolute atomic E-state index is 13.8. The molecular formula is C17H21F2N5O. The molecule has 3 N–H and O–H groups in total. The van der Waals surface area contributed by atoms with Crippen LogP contribution in [0.4, 0.5) is 19.3 Å². The topological polar surface area (TPSA) is 73.1 Å². The number of nitrogens with one attached hydrogen (secondary N) is 3. The monoisotopic (exact) mass is 349 g/mol. The van der Waals surface area contributed by atoms with Crippen LogP contribution in [0.3, 0.4) is 0 Å². The van der Waals surface area contributed by atoms with Crippen molar-refractivity contribution >= 4 is 11.7 Å². The number of benzene rings is 1. The molecule has 1 saturated heterocycles. The molecule has 25 heavy (non-hydrogen) atoms. The highest BCUT2D eigenvalue weighted by Gasteiger charge is 2.25. The molecule has 0 radical (unpaired) electrons. The number of H-pyrrole nitrogens is 1. The lowest BCUT2D eigenvalue weighted by Crippen LogP contribution is -2.43. The number of urea groups is 1. The van der Waals surface area contributed by atoms with E-state index in [9.17, 15) is 13.6 Å². The van der Waals surface area contributed by atoms with Crippen LogP contribution in [0.15, 0.2) is 24.3 Å². The fraction of sp³-hybridized carbons (Fsp3) is 0.412. The molecule has 0 spiro atoms. The highest BCUT2D eigenvalue weighted by molar-refractivity contribution is 5.74. The number of amides is 2. The highest BCUT2D eigenvalue weighted by atomic mass is 19.1. The maximum Gasteiger partial charge on any atom is 0.315 e. The molecule has 1 fully saturated rings. The van der Waals surface area contributed by atoms with Crippen molar-refractivity contribution in [2.24, 2.45) is 0 Å². The van der Waals surface area contributed by atoms with Crippen LogP contribution < -0.4 is 15.5 Å². The fourth-order valence-electron chi connectivity index (χ4n) is 2.93. The van der Waals surface area contributed by atoms with E-state index in [-0.39, 0.29) is 12.1 Å². The second-order valence-corrected chi connectivity index (χ2v) is 6.09. The number of anilines is 1. The van der Waals surface area contributed by atoms with Crippen molar-refractivity contribution in [1.29, 1.82) is 0 Å². The number of hydrogen-bond donors (Lipinski definition) is 3. The molecule has 1 aliphatic rings. The Morgan fingerprint density at radius 1 is 1.40 bits per heavy atom. The zero-order valence-corrected chi connectivity index (χ0v) is 14.0. The van der Waals surface area contributed by atoms with Crippen molar-refractivity contribution in [1.82, 2.24) is 20.8 Å². The van der Waals surface area contributed by atoms with Crippen LogP contribution >= 0.6 is 0 Å². The number of aromatic nitrogens is 2. The van der Waals surface area contributed by atoms with Gasteiger partial charge in [0.2, 0.25) is 0 Å². The number of nitrogens with zero attached hydrogens (tertiary/aromatic N) is 2. The summed E-state index contributed by atoms with van der Waals surface area (Å²) in [4.78, 5) is 13.8. The summed E-state index contributed by atoms with van der Waals surface area (Å²) in [5, 5.41) is 12.6. The number of aryl methyl sites for hydroxylation is 1. The molecule has 0 aliphatic carbocycles. The second-order valence-electron chi connectivity index (χ2n) is 6.09. The van der Waals surface area contributed by atoms with E-state index in [2.05, 4.69) is 20.8 Å². The van der Waals surface area contributed by atoms with E-state index in [1.54, 1.807) is 0 Å². The van der Waals surface area contributed by atoms with Crippen LogP contribution in [0.5, 0.6) is 0 Å². The van der Waals surface area contributed by atoms with Crippen LogP contribution in [0.1, 0.15) is 24.7 Å². The van der Waals surface area contributed by atoms with Crippen molar-refractivity contribution < 1.29 is 13.6 Å². The van der Waals surface area contributed by atoms with Gasteiger partial charge < -0.3 is 15.5 Å². The summed E-state index contributed by atoms with van der Waals surface area (Å²) in [5.74, 6) is -1.18. The Bertz CT molecular complexity index is 748. The van der Waals surface area contributed by atoms with E-state index in [4.69, 9.17) is 0 Å². The Morgan fingerprint density at radius 3 is 2.96 bits per heavy atom. The first-order valence-electron chi connectivity index (χ1n) is 8.32. The second kappa shape index (κ2) is 7.50. The summed E-state index contributed by atoms with van der Waals surface area (Å²) in [6, 6.07) is 5.08. The van der Waals surface area contributed by atoms with Crippen LogP contribution in [-0.4, -0.2) is 35.4 Å². The van der Waals surface area contributed by atoms with E-state index < -0.39 is 11.6 Å². The summed E-state index contributed by atoms with van der Waals surface area (Å²) in [6.45, 7) is 3.46.